The molecule has 0 aliphatic carbocycles. The van der Waals surface area contributed by atoms with Gasteiger partial charge in [-0.05, 0) is 36.1 Å². The van der Waals surface area contributed by atoms with Crippen LogP contribution in [0.2, 0.25) is 5.02 Å². The number of aromatic nitrogens is 2. The Morgan fingerprint density at radius 2 is 1.66 bits per heavy atom. The largest absolute Gasteiger partial charge is 0.480 e. The molecule has 0 radical (unpaired) electrons. The SMILES string of the molecule is Cc1cc(OCCCN(Cc2cccc(C(F)(F)F)c2Cl)CC(c2ccccc2)c2ccccc2)nn1CC(=O)O. The molecule has 41 heavy (non-hydrogen) atoms. The van der Waals surface area contributed by atoms with Gasteiger partial charge in [0.1, 0.15) is 6.54 Å². The number of carboxylic acid groups (broad SMARTS) is 1. The average Bonchev–Trinajstić information content (AvgIpc) is 3.28. The average molecular weight is 586 g/mol. The Labute approximate surface area is 241 Å². The first-order valence-corrected chi connectivity index (χ1v) is 13.6. The molecule has 1 heterocycles. The Morgan fingerprint density at radius 3 is 2.24 bits per heavy atom. The highest BCUT2D eigenvalue weighted by Gasteiger charge is 2.34. The highest BCUT2D eigenvalue weighted by atomic mass is 35.5. The topological polar surface area (TPSA) is 67.6 Å². The van der Waals surface area contributed by atoms with Gasteiger partial charge in [0.25, 0.3) is 0 Å². The molecule has 0 aliphatic rings. The van der Waals surface area contributed by atoms with Gasteiger partial charge in [0.15, 0.2) is 0 Å². The van der Waals surface area contributed by atoms with Crippen LogP contribution in [0.1, 0.15) is 40.3 Å². The fraction of sp³-hybridized carbons (Fsp3) is 0.290. The van der Waals surface area contributed by atoms with Crippen molar-refractivity contribution in [3.63, 3.8) is 0 Å². The van der Waals surface area contributed by atoms with E-state index < -0.39 is 17.7 Å². The van der Waals surface area contributed by atoms with E-state index in [0.717, 1.165) is 17.2 Å². The quantitative estimate of drug-likeness (QED) is 0.170. The lowest BCUT2D eigenvalue weighted by molar-refractivity contribution is -0.138. The summed E-state index contributed by atoms with van der Waals surface area (Å²) in [6.07, 6.45) is -4.00. The van der Waals surface area contributed by atoms with Crippen LogP contribution in [-0.2, 0) is 24.1 Å². The molecule has 4 rings (SSSR count). The van der Waals surface area contributed by atoms with Crippen molar-refractivity contribution in [2.45, 2.75) is 38.5 Å². The first-order valence-electron chi connectivity index (χ1n) is 13.2. The predicted molar refractivity (Wildman–Crippen MR) is 151 cm³/mol. The number of nitrogens with zero attached hydrogens (tertiary/aromatic N) is 3. The van der Waals surface area contributed by atoms with Crippen molar-refractivity contribution in [3.8, 4) is 5.88 Å². The standard InChI is InChI=1S/C31H31ClF3N3O3/c1-22-18-28(36-38(22)21-29(39)40)41-17-9-16-37(19-25-14-8-15-27(30(25)32)31(33,34)35)20-26(23-10-4-2-5-11-23)24-12-6-3-7-13-24/h2-8,10-15,18,26H,9,16-17,19-21H2,1H3,(H,39,40). The normalized spacial score (nSPS) is 11.8. The van der Waals surface area contributed by atoms with Gasteiger partial charge in [0.2, 0.25) is 5.88 Å². The number of alkyl halides is 3. The van der Waals surface area contributed by atoms with Crippen LogP contribution in [0.25, 0.3) is 0 Å². The van der Waals surface area contributed by atoms with E-state index >= 15 is 0 Å². The molecule has 10 heteroatoms. The van der Waals surface area contributed by atoms with Gasteiger partial charge in [0.05, 0.1) is 17.2 Å². The predicted octanol–water partition coefficient (Wildman–Crippen LogP) is 7.05. The molecule has 1 aromatic heterocycles. The molecule has 1 N–H and O–H groups in total. The summed E-state index contributed by atoms with van der Waals surface area (Å²) in [7, 11) is 0. The van der Waals surface area contributed by atoms with Crippen LogP contribution in [0.5, 0.6) is 5.88 Å². The number of carboxylic acids is 1. The summed E-state index contributed by atoms with van der Waals surface area (Å²) in [5.41, 5.74) is 2.39. The van der Waals surface area contributed by atoms with Crippen LogP contribution in [0.4, 0.5) is 13.2 Å². The molecule has 0 atom stereocenters. The van der Waals surface area contributed by atoms with Crippen molar-refractivity contribution < 1.29 is 27.8 Å². The van der Waals surface area contributed by atoms with Crippen molar-refractivity contribution in [1.29, 1.82) is 0 Å². The second kappa shape index (κ2) is 13.7. The molecular weight excluding hydrogens is 555 g/mol. The van der Waals surface area contributed by atoms with E-state index in [9.17, 15) is 18.0 Å². The van der Waals surface area contributed by atoms with Crippen LogP contribution in [0.3, 0.4) is 0 Å². The summed E-state index contributed by atoms with van der Waals surface area (Å²) in [5, 5.41) is 12.9. The Balaban J connectivity index is 1.54. The number of aryl methyl sites for hydroxylation is 1. The van der Waals surface area contributed by atoms with E-state index in [4.69, 9.17) is 21.4 Å². The van der Waals surface area contributed by atoms with Crippen molar-refractivity contribution in [2.75, 3.05) is 19.7 Å². The van der Waals surface area contributed by atoms with Gasteiger partial charge in [-0.3, -0.25) is 14.4 Å². The molecule has 0 bridgehead atoms. The maximum Gasteiger partial charge on any atom is 0.417 e. The van der Waals surface area contributed by atoms with Gasteiger partial charge in [-0.1, -0.05) is 84.4 Å². The summed E-state index contributed by atoms with van der Waals surface area (Å²) >= 11 is 6.28. The van der Waals surface area contributed by atoms with Crippen molar-refractivity contribution >= 4 is 17.6 Å². The molecule has 0 spiro atoms. The first kappa shape index (κ1) is 30.1. The lowest BCUT2D eigenvalue weighted by atomic mass is 9.90. The molecule has 216 valence electrons. The van der Waals surface area contributed by atoms with Gasteiger partial charge in [-0.25, -0.2) is 0 Å². The lowest BCUT2D eigenvalue weighted by Crippen LogP contribution is -2.31. The molecule has 6 nitrogen and oxygen atoms in total. The zero-order chi connectivity index (χ0) is 29.4. The number of rotatable bonds is 13. The Kier molecular flexibility index (Phi) is 10.1. The number of benzene rings is 3. The van der Waals surface area contributed by atoms with Gasteiger partial charge >= 0.3 is 12.1 Å². The summed E-state index contributed by atoms with van der Waals surface area (Å²) in [4.78, 5) is 13.1. The number of hydrogen-bond donors (Lipinski definition) is 1. The number of hydrogen-bond acceptors (Lipinski definition) is 4. The molecular formula is C31H31ClF3N3O3. The van der Waals surface area contributed by atoms with Gasteiger partial charge in [-0.2, -0.15) is 13.2 Å². The molecule has 4 aromatic rings. The molecule has 3 aromatic carbocycles. The smallest absolute Gasteiger partial charge is 0.417 e. The second-order valence-corrected chi connectivity index (χ2v) is 10.1. The summed E-state index contributed by atoms with van der Waals surface area (Å²) in [5.74, 6) is -0.710. The molecule has 0 amide bonds. The monoisotopic (exact) mass is 585 g/mol. The first-order chi connectivity index (χ1) is 19.6. The van der Waals surface area contributed by atoms with Crippen LogP contribution >= 0.6 is 11.6 Å². The van der Waals surface area contributed by atoms with E-state index in [1.165, 1.54) is 10.7 Å². The van der Waals surface area contributed by atoms with E-state index in [2.05, 4.69) is 10.00 Å². The third-order valence-corrected chi connectivity index (χ3v) is 7.18. The Morgan fingerprint density at radius 1 is 1.02 bits per heavy atom. The minimum absolute atomic E-state index is 0.0303. The van der Waals surface area contributed by atoms with Gasteiger partial charge in [-0.15, -0.1) is 5.10 Å². The Bertz CT molecular complexity index is 1390. The number of aliphatic carboxylic acids is 1. The fourth-order valence-corrected chi connectivity index (χ4v) is 5.03. The number of halogens is 4. The van der Waals surface area contributed by atoms with Gasteiger partial charge in [0, 0.05) is 37.3 Å². The van der Waals surface area contributed by atoms with E-state index in [1.54, 1.807) is 19.1 Å². The Hall–Kier alpha value is -3.82. The highest BCUT2D eigenvalue weighted by Crippen LogP contribution is 2.37. The second-order valence-electron chi connectivity index (χ2n) is 9.76. The maximum absolute atomic E-state index is 13.6. The zero-order valence-corrected chi connectivity index (χ0v) is 23.3. The minimum Gasteiger partial charge on any atom is -0.480 e. The summed E-state index contributed by atoms with van der Waals surface area (Å²) in [6.45, 7) is 3.03. The van der Waals surface area contributed by atoms with E-state index in [1.807, 2.05) is 60.7 Å². The zero-order valence-electron chi connectivity index (χ0n) is 22.5. The van der Waals surface area contributed by atoms with Crippen molar-refractivity contribution in [1.82, 2.24) is 14.7 Å². The van der Waals surface area contributed by atoms with Crippen LogP contribution in [0.15, 0.2) is 84.9 Å². The number of carbonyl (C=O) groups is 1. The molecule has 0 aliphatic heterocycles. The maximum atomic E-state index is 13.6. The minimum atomic E-state index is -4.55. The fourth-order valence-electron chi connectivity index (χ4n) is 4.73. The summed E-state index contributed by atoms with van der Waals surface area (Å²) in [6, 6.07) is 25.6. The molecule has 0 unspecified atom stereocenters. The lowest BCUT2D eigenvalue weighted by Gasteiger charge is -2.29. The van der Waals surface area contributed by atoms with E-state index in [0.29, 0.717) is 36.6 Å². The van der Waals surface area contributed by atoms with Crippen LogP contribution in [-0.4, -0.2) is 45.5 Å². The van der Waals surface area contributed by atoms with Crippen molar-refractivity contribution in [3.05, 3.63) is 118 Å². The molecule has 0 fully saturated rings. The van der Waals surface area contributed by atoms with Crippen LogP contribution < -0.4 is 4.74 Å². The highest BCUT2D eigenvalue weighted by molar-refractivity contribution is 6.32. The van der Waals surface area contributed by atoms with Gasteiger partial charge < -0.3 is 9.84 Å². The molecule has 0 saturated carbocycles. The molecule has 0 saturated heterocycles. The van der Waals surface area contributed by atoms with Crippen LogP contribution in [0, 0.1) is 6.92 Å². The third-order valence-electron chi connectivity index (χ3n) is 6.74. The van der Waals surface area contributed by atoms with E-state index in [-0.39, 0.29) is 30.6 Å². The number of ether oxygens (including phenoxy) is 1. The van der Waals surface area contributed by atoms with Crippen molar-refractivity contribution in [2.24, 2.45) is 0 Å². The summed E-state index contributed by atoms with van der Waals surface area (Å²) < 4.78 is 47.9. The third kappa shape index (κ3) is 8.34.